The molecule has 4 saturated carbocycles. The molecular weight excluding hydrogens is 649 g/mol. The molecular formula is C41H62N2O6S. The maximum absolute atomic E-state index is 14.0. The highest BCUT2D eigenvalue weighted by Gasteiger charge is 2.70. The van der Waals surface area contributed by atoms with Crippen LogP contribution in [0.2, 0.25) is 0 Å². The van der Waals surface area contributed by atoms with Crippen LogP contribution >= 0.6 is 11.3 Å². The van der Waals surface area contributed by atoms with Crippen LogP contribution in [0.1, 0.15) is 132 Å². The molecule has 5 aliphatic rings. The minimum atomic E-state index is -1.16. The van der Waals surface area contributed by atoms with E-state index in [4.69, 9.17) is 4.74 Å². The van der Waals surface area contributed by atoms with Crippen LogP contribution < -0.4 is 5.32 Å². The third kappa shape index (κ3) is 5.66. The summed E-state index contributed by atoms with van der Waals surface area (Å²) in [5.41, 5.74) is 0.509. The van der Waals surface area contributed by atoms with Gasteiger partial charge in [-0.15, -0.1) is 11.3 Å². The molecule has 0 spiro atoms. The topological polar surface area (TPSA) is 126 Å². The van der Waals surface area contributed by atoms with Gasteiger partial charge in [0.2, 0.25) is 0 Å². The number of carboxylic acid groups (broad SMARTS) is 1. The van der Waals surface area contributed by atoms with E-state index in [1.807, 2.05) is 11.6 Å². The van der Waals surface area contributed by atoms with Crippen molar-refractivity contribution < 1.29 is 29.3 Å². The van der Waals surface area contributed by atoms with Crippen LogP contribution in [0.5, 0.6) is 0 Å². The van der Waals surface area contributed by atoms with Crippen molar-refractivity contribution >= 4 is 29.1 Å². The first-order valence-electron chi connectivity index (χ1n) is 19.2. The summed E-state index contributed by atoms with van der Waals surface area (Å²) >= 11 is 1.61. The lowest BCUT2D eigenvalue weighted by molar-refractivity contribution is -0.235. The first kappa shape index (κ1) is 37.7. The quantitative estimate of drug-likeness (QED) is 0.209. The molecule has 1 aromatic rings. The van der Waals surface area contributed by atoms with E-state index in [0.717, 1.165) is 61.9 Å². The number of rotatable bonds is 10. The maximum atomic E-state index is 14.0. The van der Waals surface area contributed by atoms with E-state index < -0.39 is 28.9 Å². The number of aliphatic hydroxyl groups is 1. The van der Waals surface area contributed by atoms with Gasteiger partial charge in [0.05, 0.1) is 17.9 Å². The molecule has 50 heavy (non-hydrogen) atoms. The van der Waals surface area contributed by atoms with Crippen molar-refractivity contribution in [1.29, 1.82) is 0 Å². The number of nitrogens with one attached hydrogen (secondary N) is 1. The van der Waals surface area contributed by atoms with Crippen LogP contribution in [-0.2, 0) is 25.7 Å². The number of allylic oxidation sites excluding steroid dienone is 1. The van der Waals surface area contributed by atoms with Gasteiger partial charge in [-0.25, -0.2) is 4.98 Å². The van der Waals surface area contributed by atoms with Gasteiger partial charge in [0.15, 0.2) is 5.78 Å². The molecule has 1 heterocycles. The minimum absolute atomic E-state index is 0.00258. The highest BCUT2D eigenvalue weighted by molar-refractivity contribution is 7.09. The molecule has 1 aromatic heterocycles. The highest BCUT2D eigenvalue weighted by Crippen LogP contribution is 2.77. The van der Waals surface area contributed by atoms with Crippen molar-refractivity contribution in [2.45, 2.75) is 145 Å². The molecule has 0 bridgehead atoms. The fourth-order valence-electron chi connectivity index (χ4n) is 12.8. The number of aliphatic hydroxyl groups excluding tert-OH is 1. The summed E-state index contributed by atoms with van der Waals surface area (Å²) in [6.07, 6.45) is 9.07. The zero-order chi connectivity index (χ0) is 36.7. The summed E-state index contributed by atoms with van der Waals surface area (Å²) in [4.78, 5) is 43.1. The van der Waals surface area contributed by atoms with Crippen molar-refractivity contribution in [1.82, 2.24) is 10.3 Å². The molecule has 3 N–H and O–H groups in total. The van der Waals surface area contributed by atoms with Gasteiger partial charge in [-0.2, -0.15) is 0 Å². The molecule has 0 saturated heterocycles. The number of carbonyl (C=O) groups excluding carboxylic acids is 2. The highest BCUT2D eigenvalue weighted by atomic mass is 32.1. The van der Waals surface area contributed by atoms with E-state index in [1.54, 1.807) is 25.2 Å². The number of esters is 1. The average Bonchev–Trinajstić information content (AvgIpc) is 3.64. The number of ether oxygens (including phenoxy) is 1. The standard InChI is InChI=1S/C41H62N2O6S/c1-24(2)33-26(44)20-41(29(45)22-42-23-31-43-18-19-50-31)17-16-39(8)25(34(33)41)10-11-28-38(7)14-13-30(49-32(46)21-36(3,4)35(47)48)37(5,6)27(38)12-15-40(28,39)9/h18-19,24-25,27-30,42,45H,10-17,20-23H2,1-9H3,(H,47,48)/t25-,27-,28-,29+,30+,38+,39-,40-,41+/m1/s1. The number of Topliss-reactive ketones (excluding diaryl/α,β-unsaturated/α-hetero) is 1. The Hall–Kier alpha value is -2.10. The molecule has 0 aromatic carbocycles. The van der Waals surface area contributed by atoms with Gasteiger partial charge >= 0.3 is 11.9 Å². The lowest BCUT2D eigenvalue weighted by Gasteiger charge is -2.72. The lowest BCUT2D eigenvalue weighted by atomic mass is 9.33. The van der Waals surface area contributed by atoms with Gasteiger partial charge in [0.25, 0.3) is 0 Å². The number of aliphatic carboxylic acids is 1. The first-order valence-corrected chi connectivity index (χ1v) is 20.1. The number of carbonyl (C=O) groups is 3. The van der Waals surface area contributed by atoms with Crippen LogP contribution in [0.4, 0.5) is 0 Å². The molecule has 6 rings (SSSR count). The average molecular weight is 711 g/mol. The normalized spacial score (nSPS) is 38.6. The second kappa shape index (κ2) is 12.8. The molecule has 4 fully saturated rings. The van der Waals surface area contributed by atoms with Gasteiger partial charge < -0.3 is 20.3 Å². The lowest BCUT2D eigenvalue weighted by Crippen LogP contribution is -2.66. The third-order valence-electron chi connectivity index (χ3n) is 15.6. The Morgan fingerprint density at radius 3 is 2.38 bits per heavy atom. The number of hydrogen-bond acceptors (Lipinski definition) is 8. The second-order valence-corrected chi connectivity index (χ2v) is 20.1. The molecule has 8 nitrogen and oxygen atoms in total. The summed E-state index contributed by atoms with van der Waals surface area (Å²) in [6.45, 7) is 20.7. The molecule has 278 valence electrons. The van der Waals surface area contributed by atoms with Crippen LogP contribution in [-0.4, -0.2) is 51.7 Å². The Labute approximate surface area is 303 Å². The second-order valence-electron chi connectivity index (χ2n) is 19.1. The number of hydrogen-bond donors (Lipinski definition) is 3. The monoisotopic (exact) mass is 710 g/mol. The van der Waals surface area contributed by atoms with Crippen molar-refractivity contribution in [3.8, 4) is 0 Å². The largest absolute Gasteiger partial charge is 0.481 e. The van der Waals surface area contributed by atoms with Crippen LogP contribution in [0, 0.1) is 56.2 Å². The molecule has 9 atom stereocenters. The summed E-state index contributed by atoms with van der Waals surface area (Å²) in [5, 5.41) is 28.1. The van der Waals surface area contributed by atoms with Crippen LogP contribution in [0.25, 0.3) is 0 Å². The van der Waals surface area contributed by atoms with Gasteiger partial charge in [0.1, 0.15) is 11.1 Å². The number of ketones is 1. The summed E-state index contributed by atoms with van der Waals surface area (Å²) < 4.78 is 6.16. The van der Waals surface area contributed by atoms with E-state index in [1.165, 1.54) is 5.57 Å². The van der Waals surface area contributed by atoms with E-state index >= 15 is 0 Å². The van der Waals surface area contributed by atoms with E-state index in [-0.39, 0.29) is 51.8 Å². The predicted octanol–water partition coefficient (Wildman–Crippen LogP) is 7.99. The predicted molar refractivity (Wildman–Crippen MR) is 195 cm³/mol. The van der Waals surface area contributed by atoms with Gasteiger partial charge in [-0.05, 0) is 111 Å². The van der Waals surface area contributed by atoms with E-state index in [9.17, 15) is 24.6 Å². The summed E-state index contributed by atoms with van der Waals surface area (Å²) in [6, 6.07) is 0. The fraction of sp³-hybridized carbons (Fsp3) is 0.805. The number of fused-ring (bicyclic) bond motifs is 7. The first-order chi connectivity index (χ1) is 23.2. The minimum Gasteiger partial charge on any atom is -0.481 e. The van der Waals surface area contributed by atoms with Crippen molar-refractivity contribution in [3.63, 3.8) is 0 Å². The molecule has 0 amide bonds. The van der Waals surface area contributed by atoms with Gasteiger partial charge in [0, 0.05) is 41.9 Å². The Balaban J connectivity index is 1.27. The Morgan fingerprint density at radius 2 is 1.74 bits per heavy atom. The van der Waals surface area contributed by atoms with Crippen LogP contribution in [0.3, 0.4) is 0 Å². The van der Waals surface area contributed by atoms with E-state index in [2.05, 4.69) is 58.8 Å². The fourth-order valence-corrected chi connectivity index (χ4v) is 13.3. The maximum Gasteiger partial charge on any atom is 0.309 e. The van der Waals surface area contributed by atoms with Gasteiger partial charge in [-0.3, -0.25) is 14.4 Å². The molecule has 5 aliphatic carbocycles. The third-order valence-corrected chi connectivity index (χ3v) is 16.4. The smallest absolute Gasteiger partial charge is 0.309 e. The summed E-state index contributed by atoms with van der Waals surface area (Å²) in [5.74, 6) is 0.0843. The Morgan fingerprint density at radius 1 is 1.02 bits per heavy atom. The van der Waals surface area contributed by atoms with Crippen molar-refractivity contribution in [2.75, 3.05) is 6.54 Å². The zero-order valence-corrected chi connectivity index (χ0v) is 32.8. The van der Waals surface area contributed by atoms with Gasteiger partial charge in [-0.1, -0.05) is 54.0 Å². The zero-order valence-electron chi connectivity index (χ0n) is 32.0. The molecule has 0 unspecified atom stereocenters. The van der Waals surface area contributed by atoms with Crippen LogP contribution in [0.15, 0.2) is 22.7 Å². The van der Waals surface area contributed by atoms with E-state index in [0.29, 0.717) is 31.3 Å². The van der Waals surface area contributed by atoms with Crippen molar-refractivity contribution in [3.05, 3.63) is 27.7 Å². The number of nitrogens with zero attached hydrogens (tertiary/aromatic N) is 1. The molecule has 0 aliphatic heterocycles. The SMILES string of the molecule is CC(C)C1=C2[C@H]3CC[C@@H]4[C@@]5(C)CC[C@H](OC(=O)CC(C)(C)C(=O)O)C(C)(C)[C@H]5CC[C@@]4(C)[C@]3(C)CC[C@@]2([C@@H](O)CNCc2nccs2)CC1=O. The Kier molecular flexibility index (Phi) is 9.63. The number of aromatic nitrogens is 1. The summed E-state index contributed by atoms with van der Waals surface area (Å²) in [7, 11) is 0. The number of thiazole rings is 1. The van der Waals surface area contributed by atoms with Crippen molar-refractivity contribution in [2.24, 2.45) is 56.2 Å². The Bertz CT molecular complexity index is 1530. The number of carboxylic acids is 1. The molecule has 0 radical (unpaired) electrons. The molecule has 9 heteroatoms.